The predicted molar refractivity (Wildman–Crippen MR) is 110 cm³/mol. The number of aryl methyl sites for hydroxylation is 1. The molecule has 1 N–H and O–H groups in total. The van der Waals surface area contributed by atoms with E-state index in [9.17, 15) is 9.59 Å². The molecule has 1 spiro atoms. The molecular formula is C22H23N5O2. The molecule has 1 aliphatic carbocycles. The molecule has 2 aromatic carbocycles. The van der Waals surface area contributed by atoms with Crippen LogP contribution in [0.5, 0.6) is 0 Å². The molecule has 1 unspecified atom stereocenters. The first-order valence-corrected chi connectivity index (χ1v) is 9.91. The van der Waals surface area contributed by atoms with Gasteiger partial charge in [-0.3, -0.25) is 4.57 Å². The predicted octanol–water partition coefficient (Wildman–Crippen LogP) is 3.33. The number of urea groups is 1. The third-order valence-corrected chi connectivity index (χ3v) is 6.29. The van der Waals surface area contributed by atoms with E-state index in [1.807, 2.05) is 23.1 Å². The standard InChI is InChI=1S/C22H23N5O2/c1-25-15-23-27(21(25)29)18-10-8-17(9-11-18)24-20(28)26-14-22(12-5-13-22)19(26)16-6-3-2-4-7-16/h2-4,6-11,15,19H,5,12-14H2,1H3,(H,24,28). The van der Waals surface area contributed by atoms with Crippen molar-refractivity contribution in [1.82, 2.24) is 19.2 Å². The summed E-state index contributed by atoms with van der Waals surface area (Å²) in [5.74, 6) is 0. The average Bonchev–Trinajstić information content (AvgIpc) is 3.00. The first-order chi connectivity index (χ1) is 14.1. The molecule has 1 aliphatic heterocycles. The summed E-state index contributed by atoms with van der Waals surface area (Å²) in [6.45, 7) is 0.805. The minimum Gasteiger partial charge on any atom is -0.316 e. The second-order valence-electron chi connectivity index (χ2n) is 8.07. The number of hydrogen-bond acceptors (Lipinski definition) is 3. The van der Waals surface area contributed by atoms with Crippen molar-refractivity contribution in [3.63, 3.8) is 0 Å². The fourth-order valence-corrected chi connectivity index (χ4v) is 4.59. The quantitative estimate of drug-likeness (QED) is 0.747. The zero-order valence-corrected chi connectivity index (χ0v) is 16.3. The minimum absolute atomic E-state index is 0.0841. The first-order valence-electron chi connectivity index (χ1n) is 9.91. The van der Waals surface area contributed by atoms with Crippen molar-refractivity contribution < 1.29 is 4.79 Å². The van der Waals surface area contributed by atoms with Gasteiger partial charge in [0.05, 0.1) is 11.7 Å². The van der Waals surface area contributed by atoms with Gasteiger partial charge in [-0.1, -0.05) is 36.8 Å². The van der Waals surface area contributed by atoms with Gasteiger partial charge in [-0.05, 0) is 42.7 Å². The molecule has 0 bridgehead atoms. The number of hydrogen-bond donors (Lipinski definition) is 1. The van der Waals surface area contributed by atoms with Gasteiger partial charge in [0.15, 0.2) is 0 Å². The Hall–Kier alpha value is -3.35. The van der Waals surface area contributed by atoms with Crippen LogP contribution in [0, 0.1) is 5.41 Å². The molecule has 29 heavy (non-hydrogen) atoms. The second-order valence-corrected chi connectivity index (χ2v) is 8.07. The zero-order valence-electron chi connectivity index (χ0n) is 16.3. The number of carbonyl (C=O) groups excluding carboxylic acids is 1. The van der Waals surface area contributed by atoms with E-state index in [0.717, 1.165) is 6.54 Å². The number of nitrogens with zero attached hydrogens (tertiary/aromatic N) is 4. The summed E-state index contributed by atoms with van der Waals surface area (Å²) in [6.07, 6.45) is 5.09. The molecule has 1 saturated carbocycles. The Kier molecular flexibility index (Phi) is 4.04. The van der Waals surface area contributed by atoms with Gasteiger partial charge in [0, 0.05) is 24.7 Å². The van der Waals surface area contributed by atoms with E-state index in [0.29, 0.717) is 11.4 Å². The van der Waals surface area contributed by atoms with Gasteiger partial charge < -0.3 is 10.2 Å². The van der Waals surface area contributed by atoms with Crippen molar-refractivity contribution in [2.75, 3.05) is 11.9 Å². The zero-order chi connectivity index (χ0) is 20.0. The van der Waals surface area contributed by atoms with E-state index in [1.54, 1.807) is 31.3 Å². The summed E-state index contributed by atoms with van der Waals surface area (Å²) < 4.78 is 2.74. The molecule has 5 rings (SSSR count). The Morgan fingerprint density at radius 2 is 1.83 bits per heavy atom. The molecule has 0 radical (unpaired) electrons. The Morgan fingerprint density at radius 1 is 1.10 bits per heavy atom. The highest BCUT2D eigenvalue weighted by molar-refractivity contribution is 5.90. The van der Waals surface area contributed by atoms with Crippen molar-refractivity contribution in [3.8, 4) is 5.69 Å². The highest BCUT2D eigenvalue weighted by atomic mass is 16.2. The number of aromatic nitrogens is 3. The lowest BCUT2D eigenvalue weighted by Gasteiger charge is -2.62. The fraction of sp³-hybridized carbons (Fsp3) is 0.318. The maximum atomic E-state index is 13.0. The third kappa shape index (κ3) is 2.85. The Bertz CT molecular complexity index is 1100. The van der Waals surface area contributed by atoms with Crippen LogP contribution in [0.1, 0.15) is 30.9 Å². The highest BCUT2D eigenvalue weighted by Gasteiger charge is 2.57. The van der Waals surface area contributed by atoms with E-state index < -0.39 is 0 Å². The molecule has 148 valence electrons. The second kappa shape index (κ2) is 6.62. The van der Waals surface area contributed by atoms with Gasteiger partial charge >= 0.3 is 11.7 Å². The van der Waals surface area contributed by atoms with Crippen LogP contribution >= 0.6 is 0 Å². The first kappa shape index (κ1) is 17.7. The Balaban J connectivity index is 1.32. The summed E-state index contributed by atoms with van der Waals surface area (Å²) in [5.41, 5.74) is 2.61. The van der Waals surface area contributed by atoms with Crippen molar-refractivity contribution >= 4 is 11.7 Å². The van der Waals surface area contributed by atoms with Crippen LogP contribution in [0.15, 0.2) is 65.7 Å². The number of amides is 2. The summed E-state index contributed by atoms with van der Waals surface area (Å²) in [4.78, 5) is 26.9. The van der Waals surface area contributed by atoms with Gasteiger partial charge in [-0.15, -0.1) is 0 Å². The molecule has 3 aromatic rings. The molecule has 2 heterocycles. The Labute approximate surface area is 168 Å². The van der Waals surface area contributed by atoms with Crippen LogP contribution in [-0.4, -0.2) is 31.8 Å². The van der Waals surface area contributed by atoms with E-state index in [4.69, 9.17) is 0 Å². The molecule has 2 amide bonds. The molecule has 1 saturated heterocycles. The lowest BCUT2D eigenvalue weighted by Crippen LogP contribution is -2.64. The maximum Gasteiger partial charge on any atom is 0.350 e. The van der Waals surface area contributed by atoms with E-state index >= 15 is 0 Å². The van der Waals surface area contributed by atoms with Crippen LogP contribution < -0.4 is 11.0 Å². The van der Waals surface area contributed by atoms with Crippen molar-refractivity contribution in [3.05, 3.63) is 77.0 Å². The van der Waals surface area contributed by atoms with Crippen LogP contribution in [0.3, 0.4) is 0 Å². The van der Waals surface area contributed by atoms with Crippen LogP contribution in [0.4, 0.5) is 10.5 Å². The minimum atomic E-state index is -0.209. The number of likely N-dealkylation sites (tertiary alicyclic amines) is 1. The summed E-state index contributed by atoms with van der Waals surface area (Å²) in [5, 5.41) is 7.08. The number of anilines is 1. The van der Waals surface area contributed by atoms with Crippen LogP contribution in [0.2, 0.25) is 0 Å². The number of rotatable bonds is 3. The molecular weight excluding hydrogens is 366 g/mol. The van der Waals surface area contributed by atoms with E-state index in [-0.39, 0.29) is 23.2 Å². The van der Waals surface area contributed by atoms with Gasteiger partial charge in [0.25, 0.3) is 0 Å². The average molecular weight is 389 g/mol. The van der Waals surface area contributed by atoms with Gasteiger partial charge in [0.2, 0.25) is 0 Å². The van der Waals surface area contributed by atoms with Gasteiger partial charge in [0.1, 0.15) is 6.33 Å². The monoisotopic (exact) mass is 389 g/mol. The summed E-state index contributed by atoms with van der Waals surface area (Å²) >= 11 is 0. The van der Waals surface area contributed by atoms with Crippen LogP contribution in [-0.2, 0) is 7.05 Å². The van der Waals surface area contributed by atoms with Gasteiger partial charge in [-0.25, -0.2) is 9.59 Å². The Morgan fingerprint density at radius 3 is 2.41 bits per heavy atom. The maximum absolute atomic E-state index is 13.0. The normalized spacial score (nSPS) is 19.5. The van der Waals surface area contributed by atoms with Crippen molar-refractivity contribution in [2.24, 2.45) is 12.5 Å². The molecule has 7 heteroatoms. The molecule has 2 aliphatic rings. The summed E-state index contributed by atoms with van der Waals surface area (Å²) in [7, 11) is 1.66. The largest absolute Gasteiger partial charge is 0.350 e. The topological polar surface area (TPSA) is 72.2 Å². The van der Waals surface area contributed by atoms with E-state index in [1.165, 1.54) is 40.4 Å². The molecule has 2 fully saturated rings. The van der Waals surface area contributed by atoms with Crippen LogP contribution in [0.25, 0.3) is 5.69 Å². The smallest absolute Gasteiger partial charge is 0.316 e. The van der Waals surface area contributed by atoms with E-state index in [2.05, 4.69) is 22.5 Å². The fourth-order valence-electron chi connectivity index (χ4n) is 4.59. The third-order valence-electron chi connectivity index (χ3n) is 6.29. The lowest BCUT2D eigenvalue weighted by molar-refractivity contribution is -0.0969. The molecule has 7 nitrogen and oxygen atoms in total. The van der Waals surface area contributed by atoms with Crippen molar-refractivity contribution in [1.29, 1.82) is 0 Å². The SMILES string of the molecule is Cn1cnn(-c2ccc(NC(=O)N3CC4(CCC4)C3c3ccccc3)cc2)c1=O. The summed E-state index contributed by atoms with van der Waals surface area (Å²) in [6, 6.07) is 17.5. The van der Waals surface area contributed by atoms with Gasteiger partial charge in [-0.2, -0.15) is 9.78 Å². The number of nitrogens with one attached hydrogen (secondary N) is 1. The lowest BCUT2D eigenvalue weighted by atomic mass is 9.56. The van der Waals surface area contributed by atoms with Crippen molar-refractivity contribution in [2.45, 2.75) is 25.3 Å². The highest BCUT2D eigenvalue weighted by Crippen LogP contribution is 2.60. The number of carbonyl (C=O) groups is 1. The molecule has 1 aromatic heterocycles. The number of benzene rings is 2. The molecule has 1 atom stereocenters.